The number of benzene rings is 1. The monoisotopic (exact) mass is 286 g/mol. The molecule has 20 heavy (non-hydrogen) atoms. The Morgan fingerprint density at radius 3 is 2.80 bits per heavy atom. The number of aliphatic imine (C=N–C) groups is 1. The molecule has 0 amide bonds. The van der Waals surface area contributed by atoms with Crippen LogP contribution in [0.15, 0.2) is 23.2 Å². The fourth-order valence-electron chi connectivity index (χ4n) is 1.77. The fourth-order valence-corrected chi connectivity index (χ4v) is 2.72. The van der Waals surface area contributed by atoms with Gasteiger partial charge < -0.3 is 9.84 Å². The number of methoxy groups -OCH3 is 1. The molecular formula is C15H14N2O2S. The number of phenols is 1. The largest absolute Gasteiger partial charge is 0.504 e. The molecule has 0 aliphatic rings. The molecule has 0 radical (unpaired) electrons. The van der Waals surface area contributed by atoms with Crippen LogP contribution in [-0.4, -0.2) is 18.4 Å². The lowest BCUT2D eigenvalue weighted by atomic mass is 10.2. The molecule has 0 saturated heterocycles. The van der Waals surface area contributed by atoms with Crippen molar-refractivity contribution < 1.29 is 9.84 Å². The van der Waals surface area contributed by atoms with E-state index in [1.54, 1.807) is 24.4 Å². The van der Waals surface area contributed by atoms with Crippen molar-refractivity contribution in [1.82, 2.24) is 0 Å². The van der Waals surface area contributed by atoms with Crippen molar-refractivity contribution in [1.29, 1.82) is 5.26 Å². The average molecular weight is 286 g/mol. The number of nitrogens with zero attached hydrogens (tertiary/aromatic N) is 2. The van der Waals surface area contributed by atoms with Gasteiger partial charge in [0.2, 0.25) is 0 Å². The molecule has 0 aliphatic carbocycles. The number of thiophene rings is 1. The van der Waals surface area contributed by atoms with Gasteiger partial charge in [-0.05, 0) is 31.5 Å². The summed E-state index contributed by atoms with van der Waals surface area (Å²) in [7, 11) is 1.50. The SMILES string of the molecule is COc1cccc(/C=N/c2sc(C)c(C)c2C#N)c1O. The van der Waals surface area contributed by atoms with Gasteiger partial charge in [-0.15, -0.1) is 11.3 Å². The number of rotatable bonds is 3. The lowest BCUT2D eigenvalue weighted by Crippen LogP contribution is -1.88. The molecule has 0 bridgehead atoms. The standard InChI is InChI=1S/C15H14N2O2S/c1-9-10(2)20-15(12(9)7-16)17-8-11-5-4-6-13(19-3)14(11)18/h4-6,8,18H,1-3H3/b17-8+. The van der Waals surface area contributed by atoms with Crippen molar-refractivity contribution in [2.75, 3.05) is 7.11 Å². The van der Waals surface area contributed by atoms with E-state index in [4.69, 9.17) is 10.00 Å². The topological polar surface area (TPSA) is 65.6 Å². The van der Waals surface area contributed by atoms with E-state index < -0.39 is 0 Å². The van der Waals surface area contributed by atoms with Crippen molar-refractivity contribution >= 4 is 22.6 Å². The van der Waals surface area contributed by atoms with E-state index in [2.05, 4.69) is 11.1 Å². The molecule has 0 fully saturated rings. The summed E-state index contributed by atoms with van der Waals surface area (Å²) in [6.45, 7) is 3.87. The minimum atomic E-state index is 0.0438. The van der Waals surface area contributed by atoms with Gasteiger partial charge in [0, 0.05) is 16.7 Å². The molecule has 1 N–H and O–H groups in total. The van der Waals surface area contributed by atoms with Crippen LogP contribution in [-0.2, 0) is 0 Å². The maximum Gasteiger partial charge on any atom is 0.166 e. The molecule has 0 spiro atoms. The molecule has 5 heteroatoms. The van der Waals surface area contributed by atoms with Crippen LogP contribution in [0.2, 0.25) is 0 Å². The number of phenolic OH excluding ortho intramolecular Hbond substituents is 1. The van der Waals surface area contributed by atoms with Gasteiger partial charge in [0.1, 0.15) is 11.1 Å². The molecule has 1 heterocycles. The number of nitriles is 1. The van der Waals surface area contributed by atoms with E-state index in [1.807, 2.05) is 13.8 Å². The highest BCUT2D eigenvalue weighted by Crippen LogP contribution is 2.34. The second-order valence-electron chi connectivity index (χ2n) is 4.23. The van der Waals surface area contributed by atoms with Gasteiger partial charge in [0.25, 0.3) is 0 Å². The molecule has 4 nitrogen and oxygen atoms in total. The Balaban J connectivity index is 2.40. The van der Waals surface area contributed by atoms with Crippen LogP contribution in [0.3, 0.4) is 0 Å². The highest BCUT2D eigenvalue weighted by molar-refractivity contribution is 7.16. The van der Waals surface area contributed by atoms with E-state index in [-0.39, 0.29) is 5.75 Å². The number of aryl methyl sites for hydroxylation is 1. The first kappa shape index (κ1) is 14.1. The van der Waals surface area contributed by atoms with Crippen molar-refractivity contribution in [2.45, 2.75) is 13.8 Å². The summed E-state index contributed by atoms with van der Waals surface area (Å²) < 4.78 is 5.04. The number of aromatic hydroxyl groups is 1. The summed E-state index contributed by atoms with van der Waals surface area (Å²) in [6.07, 6.45) is 1.55. The van der Waals surface area contributed by atoms with Crippen LogP contribution in [0, 0.1) is 25.2 Å². The molecule has 0 unspecified atom stereocenters. The molecule has 0 aliphatic heterocycles. The zero-order valence-corrected chi connectivity index (χ0v) is 12.3. The molecule has 1 aromatic carbocycles. The van der Waals surface area contributed by atoms with Crippen LogP contribution in [0.1, 0.15) is 21.6 Å². The minimum Gasteiger partial charge on any atom is -0.504 e. The molecule has 0 saturated carbocycles. The number of hydrogen-bond acceptors (Lipinski definition) is 5. The molecule has 1 aromatic heterocycles. The minimum absolute atomic E-state index is 0.0438. The number of hydrogen-bond donors (Lipinski definition) is 1. The Labute approximate surface area is 121 Å². The first-order chi connectivity index (χ1) is 9.58. The third kappa shape index (κ3) is 2.51. The summed E-state index contributed by atoms with van der Waals surface area (Å²) in [6, 6.07) is 7.35. The quantitative estimate of drug-likeness (QED) is 0.875. The Hall–Kier alpha value is -2.32. The summed E-state index contributed by atoms with van der Waals surface area (Å²) in [5, 5.41) is 19.8. The van der Waals surface area contributed by atoms with Crippen LogP contribution in [0.4, 0.5) is 5.00 Å². The zero-order chi connectivity index (χ0) is 14.7. The third-order valence-electron chi connectivity index (χ3n) is 3.05. The van der Waals surface area contributed by atoms with Crippen molar-refractivity contribution in [3.8, 4) is 17.6 Å². The summed E-state index contributed by atoms with van der Waals surface area (Å²) in [5.74, 6) is 0.440. The number of para-hydroxylation sites is 1. The average Bonchev–Trinajstić information content (AvgIpc) is 2.72. The second-order valence-corrected chi connectivity index (χ2v) is 5.43. The maximum atomic E-state index is 9.98. The van der Waals surface area contributed by atoms with Gasteiger partial charge >= 0.3 is 0 Å². The van der Waals surface area contributed by atoms with E-state index in [0.717, 1.165) is 10.4 Å². The van der Waals surface area contributed by atoms with Gasteiger partial charge in [0.05, 0.1) is 12.7 Å². The molecular weight excluding hydrogens is 272 g/mol. The highest BCUT2D eigenvalue weighted by Gasteiger charge is 2.11. The predicted octanol–water partition coefficient (Wildman–Crippen LogP) is 3.70. The fraction of sp³-hybridized carbons (Fsp3) is 0.200. The van der Waals surface area contributed by atoms with Crippen molar-refractivity contribution in [3.63, 3.8) is 0 Å². The van der Waals surface area contributed by atoms with Crippen molar-refractivity contribution in [2.24, 2.45) is 4.99 Å². The van der Waals surface area contributed by atoms with E-state index in [9.17, 15) is 5.11 Å². The Kier molecular flexibility index (Phi) is 4.06. The van der Waals surface area contributed by atoms with Gasteiger partial charge in [-0.3, -0.25) is 0 Å². The normalized spacial score (nSPS) is 10.7. The summed E-state index contributed by atoms with van der Waals surface area (Å²) >= 11 is 1.47. The number of ether oxygens (including phenoxy) is 1. The van der Waals surface area contributed by atoms with Crippen LogP contribution in [0.5, 0.6) is 11.5 Å². The summed E-state index contributed by atoms with van der Waals surface area (Å²) in [5.41, 5.74) is 2.10. The first-order valence-electron chi connectivity index (χ1n) is 5.98. The van der Waals surface area contributed by atoms with Crippen LogP contribution >= 0.6 is 11.3 Å². The lowest BCUT2D eigenvalue weighted by Gasteiger charge is -2.04. The Morgan fingerprint density at radius 2 is 2.15 bits per heavy atom. The Bertz CT molecular complexity index is 711. The molecule has 102 valence electrons. The van der Waals surface area contributed by atoms with Crippen LogP contribution in [0.25, 0.3) is 0 Å². The first-order valence-corrected chi connectivity index (χ1v) is 6.80. The molecule has 2 aromatic rings. The smallest absolute Gasteiger partial charge is 0.166 e. The maximum absolute atomic E-state index is 9.98. The predicted molar refractivity (Wildman–Crippen MR) is 80.4 cm³/mol. The van der Waals surface area contributed by atoms with E-state index in [0.29, 0.717) is 21.9 Å². The third-order valence-corrected chi connectivity index (χ3v) is 4.16. The molecule has 0 atom stereocenters. The Morgan fingerprint density at radius 1 is 1.40 bits per heavy atom. The van der Waals surface area contributed by atoms with E-state index >= 15 is 0 Å². The lowest BCUT2D eigenvalue weighted by molar-refractivity contribution is 0.373. The van der Waals surface area contributed by atoms with Gasteiger partial charge in [-0.25, -0.2) is 4.99 Å². The van der Waals surface area contributed by atoms with Crippen LogP contribution < -0.4 is 4.74 Å². The highest BCUT2D eigenvalue weighted by atomic mass is 32.1. The van der Waals surface area contributed by atoms with Gasteiger partial charge in [-0.1, -0.05) is 6.07 Å². The van der Waals surface area contributed by atoms with Crippen molar-refractivity contribution in [3.05, 3.63) is 39.8 Å². The molecule has 2 rings (SSSR count). The second kappa shape index (κ2) is 5.76. The van der Waals surface area contributed by atoms with E-state index in [1.165, 1.54) is 18.4 Å². The van der Waals surface area contributed by atoms with Gasteiger partial charge in [0.15, 0.2) is 11.5 Å². The zero-order valence-electron chi connectivity index (χ0n) is 11.5. The summed E-state index contributed by atoms with van der Waals surface area (Å²) in [4.78, 5) is 5.39. The van der Waals surface area contributed by atoms with Gasteiger partial charge in [-0.2, -0.15) is 5.26 Å².